The van der Waals surface area contributed by atoms with Crippen LogP contribution in [-0.2, 0) is 4.79 Å². The molecule has 2 saturated heterocycles. The van der Waals surface area contributed by atoms with Crippen molar-refractivity contribution in [2.45, 2.75) is 38.3 Å². The number of hydrogen-bond acceptors (Lipinski definition) is 5. The van der Waals surface area contributed by atoms with E-state index in [0.717, 1.165) is 74.1 Å². The molecule has 2 aliphatic heterocycles. The maximum atomic E-state index is 13.0. The number of piperazine rings is 1. The summed E-state index contributed by atoms with van der Waals surface area (Å²) in [5, 5.41) is 0.740. The van der Waals surface area contributed by atoms with Gasteiger partial charge >= 0.3 is 0 Å². The molecule has 166 valence electrons. The first kappa shape index (κ1) is 21.9. The molecule has 6 nitrogen and oxygen atoms in total. The normalized spacial score (nSPS) is 21.4. The highest BCUT2D eigenvalue weighted by atomic mass is 35.5. The molecule has 31 heavy (non-hydrogen) atoms. The lowest BCUT2D eigenvalue weighted by Crippen LogP contribution is -2.53. The molecule has 0 aliphatic carbocycles. The molecule has 4 rings (SSSR count). The minimum absolute atomic E-state index is 0.117. The van der Waals surface area contributed by atoms with Crippen molar-refractivity contribution in [1.29, 1.82) is 0 Å². The molecule has 2 aromatic carbocycles. The predicted molar refractivity (Wildman–Crippen MR) is 125 cm³/mol. The summed E-state index contributed by atoms with van der Waals surface area (Å²) in [5.41, 5.74) is 8.77. The molecule has 2 fully saturated rings. The second-order valence-electron chi connectivity index (χ2n) is 8.19. The fourth-order valence-corrected chi connectivity index (χ4v) is 4.33. The van der Waals surface area contributed by atoms with Gasteiger partial charge in [-0.15, -0.1) is 0 Å². The van der Waals surface area contributed by atoms with E-state index in [2.05, 4.69) is 40.9 Å². The van der Waals surface area contributed by atoms with Crippen LogP contribution >= 0.6 is 11.6 Å². The average Bonchev–Trinajstić information content (AvgIpc) is 3.30. The molecule has 1 amide bonds. The van der Waals surface area contributed by atoms with Crippen molar-refractivity contribution in [3.05, 3.63) is 59.1 Å². The third kappa shape index (κ3) is 5.50. The molecule has 0 aromatic heterocycles. The third-order valence-corrected chi connectivity index (χ3v) is 6.25. The minimum atomic E-state index is -0.205. The monoisotopic (exact) mass is 442 g/mol. The lowest BCUT2D eigenvalue weighted by Gasteiger charge is -2.37. The van der Waals surface area contributed by atoms with Crippen molar-refractivity contribution in [3.63, 3.8) is 0 Å². The number of unbranched alkanes of at least 4 members (excludes halogenated alkanes) is 1. The largest absolute Gasteiger partial charge is 0.494 e. The van der Waals surface area contributed by atoms with Crippen LogP contribution in [0.1, 0.15) is 37.8 Å². The zero-order chi connectivity index (χ0) is 21.6. The number of nitrogens with one attached hydrogen (secondary N) is 2. The number of anilines is 1. The van der Waals surface area contributed by atoms with E-state index in [0.29, 0.717) is 0 Å². The Morgan fingerprint density at radius 1 is 1.10 bits per heavy atom. The average molecular weight is 443 g/mol. The summed E-state index contributed by atoms with van der Waals surface area (Å²) >= 11 is 6.12. The highest BCUT2D eigenvalue weighted by molar-refractivity contribution is 6.30. The predicted octanol–water partition coefficient (Wildman–Crippen LogP) is 3.78. The van der Waals surface area contributed by atoms with Gasteiger partial charge in [-0.3, -0.25) is 4.79 Å². The highest BCUT2D eigenvalue weighted by Crippen LogP contribution is 2.26. The van der Waals surface area contributed by atoms with E-state index in [9.17, 15) is 4.79 Å². The summed E-state index contributed by atoms with van der Waals surface area (Å²) in [6, 6.07) is 16.0. The van der Waals surface area contributed by atoms with Crippen LogP contribution in [-0.4, -0.2) is 49.6 Å². The molecule has 2 heterocycles. The Bertz CT molecular complexity index is 868. The number of ether oxygens (including phenoxy) is 1. The van der Waals surface area contributed by atoms with E-state index < -0.39 is 0 Å². The van der Waals surface area contributed by atoms with Gasteiger partial charge in [-0.25, -0.2) is 10.9 Å². The molecule has 2 N–H and O–H groups in total. The Balaban J connectivity index is 1.27. The Labute approximate surface area is 189 Å². The van der Waals surface area contributed by atoms with Crippen LogP contribution in [0, 0.1) is 0 Å². The zero-order valence-electron chi connectivity index (χ0n) is 18.0. The Kier molecular flexibility index (Phi) is 7.33. The first-order chi connectivity index (χ1) is 15.1. The number of hydrogen-bond donors (Lipinski definition) is 2. The smallest absolute Gasteiger partial charge is 0.241 e. The van der Waals surface area contributed by atoms with Crippen LogP contribution in [0.25, 0.3) is 0 Å². The second kappa shape index (κ2) is 10.4. The molecule has 0 bridgehead atoms. The third-order valence-electron chi connectivity index (χ3n) is 6.02. The molecular weight excluding hydrogens is 412 g/mol. The quantitative estimate of drug-likeness (QED) is 0.639. The van der Waals surface area contributed by atoms with E-state index in [1.165, 1.54) is 0 Å². The number of rotatable bonds is 7. The van der Waals surface area contributed by atoms with Crippen LogP contribution < -0.4 is 20.5 Å². The highest BCUT2D eigenvalue weighted by Gasteiger charge is 2.34. The Morgan fingerprint density at radius 3 is 2.58 bits per heavy atom. The first-order valence-electron chi connectivity index (χ1n) is 11.2. The van der Waals surface area contributed by atoms with Gasteiger partial charge in [0.2, 0.25) is 5.91 Å². The number of carbonyl (C=O) groups excluding carboxylic acids is 1. The van der Waals surface area contributed by atoms with E-state index in [-0.39, 0.29) is 18.0 Å². The number of halogens is 1. The van der Waals surface area contributed by atoms with Crippen LogP contribution in [0.2, 0.25) is 5.02 Å². The lowest BCUT2D eigenvalue weighted by molar-refractivity contribution is -0.133. The van der Waals surface area contributed by atoms with Crippen LogP contribution in [0.5, 0.6) is 5.75 Å². The van der Waals surface area contributed by atoms with Crippen molar-refractivity contribution >= 4 is 23.2 Å². The summed E-state index contributed by atoms with van der Waals surface area (Å²) in [6.07, 6.45) is 2.93. The molecular formula is C24H31ClN4O2. The Morgan fingerprint density at radius 2 is 1.87 bits per heavy atom. The van der Waals surface area contributed by atoms with Crippen molar-refractivity contribution < 1.29 is 9.53 Å². The van der Waals surface area contributed by atoms with Gasteiger partial charge < -0.3 is 14.5 Å². The minimum Gasteiger partial charge on any atom is -0.494 e. The van der Waals surface area contributed by atoms with Crippen molar-refractivity contribution in [2.24, 2.45) is 0 Å². The van der Waals surface area contributed by atoms with Crippen LogP contribution in [0.4, 0.5) is 5.69 Å². The van der Waals surface area contributed by atoms with E-state index in [1.807, 2.05) is 35.2 Å². The molecule has 2 aliphatic rings. The van der Waals surface area contributed by atoms with E-state index >= 15 is 0 Å². The molecule has 2 atom stereocenters. The van der Waals surface area contributed by atoms with Gasteiger partial charge in [0.25, 0.3) is 0 Å². The van der Waals surface area contributed by atoms with E-state index in [4.69, 9.17) is 16.3 Å². The molecule has 2 unspecified atom stereocenters. The summed E-state index contributed by atoms with van der Waals surface area (Å²) in [5.74, 6) is 1.06. The lowest BCUT2D eigenvalue weighted by atomic mass is 10.0. The van der Waals surface area contributed by atoms with E-state index in [1.54, 1.807) is 0 Å². The zero-order valence-corrected chi connectivity index (χ0v) is 18.8. The summed E-state index contributed by atoms with van der Waals surface area (Å²) in [6.45, 7) is 5.97. The topological polar surface area (TPSA) is 56.8 Å². The summed E-state index contributed by atoms with van der Waals surface area (Å²) < 4.78 is 5.74. The maximum absolute atomic E-state index is 13.0. The van der Waals surface area contributed by atoms with Gasteiger partial charge in [0, 0.05) is 42.9 Å². The van der Waals surface area contributed by atoms with Crippen LogP contribution in [0.3, 0.4) is 0 Å². The number of amides is 1. The van der Waals surface area contributed by atoms with Gasteiger partial charge in [0.15, 0.2) is 0 Å². The number of carbonyl (C=O) groups is 1. The molecule has 0 saturated carbocycles. The van der Waals surface area contributed by atoms with Crippen molar-refractivity contribution in [1.82, 2.24) is 15.8 Å². The molecule has 2 aromatic rings. The van der Waals surface area contributed by atoms with Crippen LogP contribution in [0.15, 0.2) is 48.5 Å². The standard InChI is InChI=1S/C24H31ClN4O2/c1-2-3-15-31-21-9-7-18(8-10-21)22-17-23(27-26-22)24(30)29-13-11-28(12-14-29)20-6-4-5-19(25)16-20/h4-10,16,22-23,26-27H,2-3,11-15,17H2,1H3. The van der Waals surface area contributed by atoms with Crippen molar-refractivity contribution in [2.75, 3.05) is 37.7 Å². The summed E-state index contributed by atoms with van der Waals surface area (Å²) in [7, 11) is 0. The maximum Gasteiger partial charge on any atom is 0.241 e. The van der Waals surface area contributed by atoms with Gasteiger partial charge in [-0.2, -0.15) is 0 Å². The molecule has 0 spiro atoms. The van der Waals surface area contributed by atoms with Gasteiger partial charge in [-0.05, 0) is 48.7 Å². The van der Waals surface area contributed by atoms with Gasteiger partial charge in [0.1, 0.15) is 11.8 Å². The van der Waals surface area contributed by atoms with Gasteiger partial charge in [-0.1, -0.05) is 43.1 Å². The molecule has 7 heteroatoms. The van der Waals surface area contributed by atoms with Gasteiger partial charge in [0.05, 0.1) is 6.61 Å². The SMILES string of the molecule is CCCCOc1ccc(C2CC(C(=O)N3CCN(c4cccc(Cl)c4)CC3)NN2)cc1. The number of nitrogens with zero attached hydrogens (tertiary/aromatic N) is 2. The Hall–Kier alpha value is -2.28. The second-order valence-corrected chi connectivity index (χ2v) is 8.63. The number of benzene rings is 2. The first-order valence-corrected chi connectivity index (χ1v) is 11.5. The van der Waals surface area contributed by atoms with Crippen molar-refractivity contribution in [3.8, 4) is 5.75 Å². The fraction of sp³-hybridized carbons (Fsp3) is 0.458. The summed E-state index contributed by atoms with van der Waals surface area (Å²) in [4.78, 5) is 17.3. The fourth-order valence-electron chi connectivity index (χ4n) is 4.15. The number of hydrazine groups is 1. The molecule has 0 radical (unpaired) electrons.